The first-order chi connectivity index (χ1) is 9.36. The van der Waals surface area contributed by atoms with Gasteiger partial charge in [-0.1, -0.05) is 12.1 Å². The molecule has 0 fully saturated rings. The molecule has 1 aliphatic heterocycles. The summed E-state index contributed by atoms with van der Waals surface area (Å²) in [7, 11) is 1.67. The molecule has 2 aromatic rings. The van der Waals surface area contributed by atoms with Crippen LogP contribution < -0.4 is 14.8 Å². The van der Waals surface area contributed by atoms with Gasteiger partial charge in [-0.3, -0.25) is 0 Å². The van der Waals surface area contributed by atoms with Gasteiger partial charge in [0.25, 0.3) is 0 Å². The number of thiazole rings is 1. The minimum atomic E-state index is 0.323. The lowest BCUT2D eigenvalue weighted by atomic mass is 10.0. The molecule has 1 unspecified atom stereocenters. The summed E-state index contributed by atoms with van der Waals surface area (Å²) in [5.74, 6) is 1.70. The lowest BCUT2D eigenvalue weighted by Gasteiger charge is -2.27. The van der Waals surface area contributed by atoms with Crippen LogP contribution in [0.1, 0.15) is 10.6 Å². The second-order valence-electron chi connectivity index (χ2n) is 4.47. The first-order valence-electron chi connectivity index (χ1n) is 6.27. The van der Waals surface area contributed by atoms with Gasteiger partial charge in [-0.2, -0.15) is 0 Å². The summed E-state index contributed by atoms with van der Waals surface area (Å²) in [6.07, 6.45) is 2.79. The highest BCUT2D eigenvalue weighted by molar-refractivity contribution is 7.09. The predicted octanol–water partition coefficient (Wildman–Crippen LogP) is 2.25. The number of nitrogens with one attached hydrogen (secondary N) is 1. The second kappa shape index (κ2) is 5.59. The first kappa shape index (κ1) is 12.4. The Morgan fingerprint density at radius 1 is 1.53 bits per heavy atom. The van der Waals surface area contributed by atoms with Crippen molar-refractivity contribution in [3.63, 3.8) is 0 Å². The van der Waals surface area contributed by atoms with Crippen molar-refractivity contribution in [2.75, 3.05) is 13.7 Å². The predicted molar refractivity (Wildman–Crippen MR) is 74.9 cm³/mol. The van der Waals surface area contributed by atoms with Crippen LogP contribution in [0.3, 0.4) is 0 Å². The maximum Gasteiger partial charge on any atom is 0.164 e. The minimum absolute atomic E-state index is 0.323. The van der Waals surface area contributed by atoms with Crippen LogP contribution >= 0.6 is 11.3 Å². The topological polar surface area (TPSA) is 43.4 Å². The van der Waals surface area contributed by atoms with Crippen LogP contribution in [0.15, 0.2) is 29.8 Å². The molecule has 19 heavy (non-hydrogen) atoms. The fourth-order valence-corrected chi connectivity index (χ4v) is 2.83. The quantitative estimate of drug-likeness (QED) is 0.930. The monoisotopic (exact) mass is 276 g/mol. The zero-order valence-electron chi connectivity index (χ0n) is 10.8. The smallest absolute Gasteiger partial charge is 0.164 e. The average Bonchev–Trinajstić information content (AvgIpc) is 2.97. The fraction of sp³-hybridized carbons (Fsp3) is 0.357. The van der Waals surface area contributed by atoms with Crippen LogP contribution in [0.25, 0.3) is 0 Å². The molecular weight excluding hydrogens is 260 g/mol. The normalized spacial score (nSPS) is 17.6. The van der Waals surface area contributed by atoms with Gasteiger partial charge in [0.1, 0.15) is 11.6 Å². The number of fused-ring (bicyclic) bond motifs is 1. The molecule has 1 aromatic heterocycles. The maximum atomic E-state index is 5.82. The van der Waals surface area contributed by atoms with Crippen molar-refractivity contribution in [2.45, 2.75) is 19.0 Å². The van der Waals surface area contributed by atoms with Crippen LogP contribution in [0, 0.1) is 0 Å². The average molecular weight is 276 g/mol. The van der Waals surface area contributed by atoms with E-state index in [2.05, 4.69) is 16.4 Å². The number of aromatic nitrogens is 1. The van der Waals surface area contributed by atoms with Crippen molar-refractivity contribution in [1.29, 1.82) is 0 Å². The molecule has 0 saturated carbocycles. The summed E-state index contributed by atoms with van der Waals surface area (Å²) in [4.78, 5) is 4.27. The molecule has 2 heterocycles. The third-order valence-corrected chi connectivity index (χ3v) is 3.98. The third kappa shape index (κ3) is 2.72. The van der Waals surface area contributed by atoms with Gasteiger partial charge in [0.2, 0.25) is 0 Å². The molecule has 1 aromatic carbocycles. The maximum absolute atomic E-state index is 5.82. The molecule has 4 nitrogen and oxygen atoms in total. The van der Waals surface area contributed by atoms with Gasteiger partial charge in [0.05, 0.1) is 7.11 Å². The number of methoxy groups -OCH3 is 1. The second-order valence-corrected chi connectivity index (χ2v) is 5.45. The minimum Gasteiger partial charge on any atom is -0.493 e. The van der Waals surface area contributed by atoms with Crippen LogP contribution in [0.2, 0.25) is 0 Å². The van der Waals surface area contributed by atoms with E-state index in [-0.39, 0.29) is 0 Å². The highest BCUT2D eigenvalue weighted by Crippen LogP contribution is 2.34. The van der Waals surface area contributed by atoms with Crippen molar-refractivity contribution in [1.82, 2.24) is 10.3 Å². The van der Waals surface area contributed by atoms with Gasteiger partial charge in [-0.25, -0.2) is 4.98 Å². The van der Waals surface area contributed by atoms with E-state index in [0.29, 0.717) is 12.6 Å². The summed E-state index contributed by atoms with van der Waals surface area (Å²) >= 11 is 1.67. The summed E-state index contributed by atoms with van der Waals surface area (Å²) < 4.78 is 11.1. The summed E-state index contributed by atoms with van der Waals surface area (Å²) in [5.41, 5.74) is 1.20. The number of nitrogens with zero attached hydrogens (tertiary/aromatic N) is 1. The lowest BCUT2D eigenvalue weighted by Crippen LogP contribution is -2.38. The van der Waals surface area contributed by atoms with Crippen molar-refractivity contribution >= 4 is 11.3 Å². The molecule has 3 rings (SSSR count). The van der Waals surface area contributed by atoms with Crippen LogP contribution in [-0.2, 0) is 13.0 Å². The van der Waals surface area contributed by atoms with E-state index < -0.39 is 0 Å². The van der Waals surface area contributed by atoms with Crippen molar-refractivity contribution in [2.24, 2.45) is 0 Å². The highest BCUT2D eigenvalue weighted by Gasteiger charge is 2.22. The molecule has 0 bridgehead atoms. The summed E-state index contributed by atoms with van der Waals surface area (Å²) in [6, 6.07) is 6.35. The van der Waals surface area contributed by atoms with Crippen molar-refractivity contribution in [3.8, 4) is 11.5 Å². The Bertz CT molecular complexity index is 542. The molecule has 0 radical (unpaired) electrons. The molecule has 1 aliphatic rings. The van der Waals surface area contributed by atoms with E-state index in [9.17, 15) is 0 Å². The Hall–Kier alpha value is -1.59. The Morgan fingerprint density at radius 3 is 3.26 bits per heavy atom. The molecule has 0 amide bonds. The van der Waals surface area contributed by atoms with Crippen LogP contribution in [0.5, 0.6) is 11.5 Å². The summed E-state index contributed by atoms with van der Waals surface area (Å²) in [5, 5.41) is 6.59. The van der Waals surface area contributed by atoms with E-state index in [1.165, 1.54) is 5.56 Å². The third-order valence-electron chi connectivity index (χ3n) is 3.20. The SMILES string of the molecule is COc1cccc2c1OCC(NCc1nccs1)C2. The zero-order valence-corrected chi connectivity index (χ0v) is 11.6. The van der Waals surface area contributed by atoms with Crippen LogP contribution in [0.4, 0.5) is 0 Å². The molecule has 100 valence electrons. The molecular formula is C14H16N2O2S. The van der Waals surface area contributed by atoms with Gasteiger partial charge < -0.3 is 14.8 Å². The number of para-hydroxylation sites is 1. The number of hydrogen-bond donors (Lipinski definition) is 1. The van der Waals surface area contributed by atoms with Gasteiger partial charge in [-0.05, 0) is 18.1 Å². The van der Waals surface area contributed by atoms with E-state index >= 15 is 0 Å². The highest BCUT2D eigenvalue weighted by atomic mass is 32.1. The Kier molecular flexibility index (Phi) is 3.66. The first-order valence-corrected chi connectivity index (χ1v) is 7.15. The molecule has 0 aliphatic carbocycles. The van der Waals surface area contributed by atoms with Gasteiger partial charge in [0, 0.05) is 24.2 Å². The van der Waals surface area contributed by atoms with Crippen LogP contribution in [-0.4, -0.2) is 24.7 Å². The molecule has 0 spiro atoms. The Labute approximate surface area is 116 Å². The Morgan fingerprint density at radius 2 is 2.47 bits per heavy atom. The Balaban J connectivity index is 1.65. The number of rotatable bonds is 4. The van der Waals surface area contributed by atoms with Crippen molar-refractivity contribution in [3.05, 3.63) is 40.3 Å². The number of ether oxygens (including phenoxy) is 2. The standard InChI is InChI=1S/C14H16N2O2S/c1-17-12-4-2-3-10-7-11(9-18-14(10)12)16-8-13-15-5-6-19-13/h2-6,11,16H,7-9H2,1H3. The lowest BCUT2D eigenvalue weighted by molar-refractivity contribution is 0.226. The molecule has 5 heteroatoms. The van der Waals surface area contributed by atoms with Crippen molar-refractivity contribution < 1.29 is 9.47 Å². The fourth-order valence-electron chi connectivity index (χ4n) is 2.26. The van der Waals surface area contributed by atoms with Gasteiger partial charge >= 0.3 is 0 Å². The van der Waals surface area contributed by atoms with E-state index in [4.69, 9.17) is 9.47 Å². The van der Waals surface area contributed by atoms with E-state index in [1.54, 1.807) is 18.4 Å². The molecule has 1 N–H and O–H groups in total. The van der Waals surface area contributed by atoms with E-state index in [0.717, 1.165) is 29.5 Å². The van der Waals surface area contributed by atoms with E-state index in [1.807, 2.05) is 23.7 Å². The van der Waals surface area contributed by atoms with Gasteiger partial charge in [0.15, 0.2) is 11.5 Å². The molecule has 1 atom stereocenters. The largest absolute Gasteiger partial charge is 0.493 e. The van der Waals surface area contributed by atoms with Gasteiger partial charge in [-0.15, -0.1) is 11.3 Å². The summed E-state index contributed by atoms with van der Waals surface area (Å²) in [6.45, 7) is 1.46. The molecule has 0 saturated heterocycles. The number of hydrogen-bond acceptors (Lipinski definition) is 5. The number of benzene rings is 1. The zero-order chi connectivity index (χ0) is 13.1.